The zero-order chi connectivity index (χ0) is 9.54. The number of benzene rings is 1. The van der Waals surface area contributed by atoms with Crippen molar-refractivity contribution in [2.24, 2.45) is 0 Å². The van der Waals surface area contributed by atoms with Gasteiger partial charge in [-0.2, -0.15) is 0 Å². The molecule has 0 bridgehead atoms. The van der Waals surface area contributed by atoms with Crippen LogP contribution in [0.2, 0.25) is 0 Å². The van der Waals surface area contributed by atoms with E-state index < -0.39 is 0 Å². The molecule has 16 heavy (non-hydrogen) atoms. The van der Waals surface area contributed by atoms with Crippen LogP contribution in [0.4, 0.5) is 0 Å². The molecule has 0 N–H and O–H groups in total. The molecule has 0 amide bonds. The van der Waals surface area contributed by atoms with E-state index in [2.05, 4.69) is 36.5 Å². The van der Waals surface area contributed by atoms with Gasteiger partial charge in [0.25, 0.3) is 0 Å². The van der Waals surface area contributed by atoms with Gasteiger partial charge in [0.05, 0.1) is 0 Å². The predicted molar refractivity (Wildman–Crippen MR) is 68.6 cm³/mol. The Morgan fingerprint density at radius 3 is 2.88 bits per heavy atom. The molecule has 2 heterocycles. The maximum Gasteiger partial charge on any atom is 0.0347 e. The first-order chi connectivity index (χ1) is 6.86. The van der Waals surface area contributed by atoms with E-state index in [-0.39, 0.29) is 40.1 Å². The van der Waals surface area contributed by atoms with Crippen LogP contribution in [0.3, 0.4) is 0 Å². The fourth-order valence-corrected chi connectivity index (χ4v) is 3.43. The second-order valence-corrected chi connectivity index (χ2v) is 4.86. The van der Waals surface area contributed by atoms with Crippen LogP contribution in [-0.2, 0) is 39.1 Å². The minimum Gasteiger partial charge on any atom is -0.655 e. The maximum atomic E-state index is 4.58. The van der Waals surface area contributed by atoms with Gasteiger partial charge < -0.3 is 12.7 Å². The molecule has 3 rings (SSSR count). The van der Waals surface area contributed by atoms with Crippen molar-refractivity contribution >= 4 is 21.4 Å². The molecule has 1 unspecified atom stereocenters. The molecule has 1 aromatic carbocycles. The van der Waals surface area contributed by atoms with Crippen LogP contribution >= 0.6 is 11.3 Å². The van der Waals surface area contributed by atoms with Gasteiger partial charge in [0, 0.05) is 37.4 Å². The fraction of sp³-hybridized carbons (Fsp3) is 0.308. The van der Waals surface area contributed by atoms with Crippen molar-refractivity contribution in [3.63, 3.8) is 0 Å². The van der Waals surface area contributed by atoms with Gasteiger partial charge in [0.1, 0.15) is 0 Å². The summed E-state index contributed by atoms with van der Waals surface area (Å²) in [6.45, 7) is 3.20. The summed E-state index contributed by atoms with van der Waals surface area (Å²) in [6.07, 6.45) is 1.13. The average molecular weight is 306 g/mol. The molecule has 1 aliphatic heterocycles. The maximum absolute atomic E-state index is 4.58. The first-order valence-electron chi connectivity index (χ1n) is 5.03. The molecule has 1 nitrogen and oxygen atoms in total. The SMILES string of the molecule is CC1[N-]CCc2c1sc1ccccc21.[CH3-].[Y]. The van der Waals surface area contributed by atoms with Crippen molar-refractivity contribution in [1.29, 1.82) is 0 Å². The van der Waals surface area contributed by atoms with E-state index in [1.54, 1.807) is 5.56 Å². The third kappa shape index (κ3) is 2.26. The molecule has 1 aliphatic rings. The van der Waals surface area contributed by atoms with Crippen molar-refractivity contribution in [2.75, 3.05) is 6.54 Å². The minimum absolute atomic E-state index is 0. The molecule has 1 aromatic heterocycles. The summed E-state index contributed by atoms with van der Waals surface area (Å²) in [5, 5.41) is 6.03. The molecule has 1 radical (unpaired) electrons. The third-order valence-corrected chi connectivity index (χ3v) is 4.26. The zero-order valence-corrected chi connectivity index (χ0v) is 13.4. The number of thiophene rings is 1. The van der Waals surface area contributed by atoms with E-state index in [4.69, 9.17) is 0 Å². The molecule has 3 heteroatoms. The molecule has 2 aromatic rings. The summed E-state index contributed by atoms with van der Waals surface area (Å²) < 4.78 is 1.42. The standard InChI is InChI=1S/C12H12NS.CH3.Y/c1-8-12-10(6-7-13-8)9-4-2-3-5-11(9)14-12;;/h2-5,8H,6-7H2,1H3;1H3;/q2*-1;. The summed E-state index contributed by atoms with van der Waals surface area (Å²) >= 11 is 1.91. The summed E-state index contributed by atoms with van der Waals surface area (Å²) in [6, 6.07) is 9.11. The van der Waals surface area contributed by atoms with Crippen LogP contribution in [0.1, 0.15) is 23.4 Å². The summed E-state index contributed by atoms with van der Waals surface area (Å²) in [5.74, 6) is 0. The van der Waals surface area contributed by atoms with Crippen molar-refractivity contribution in [3.8, 4) is 0 Å². The Bertz CT molecular complexity index is 478. The molecular formula is C13H15NSY-2. The summed E-state index contributed by atoms with van der Waals surface area (Å²) in [5.41, 5.74) is 1.55. The first-order valence-corrected chi connectivity index (χ1v) is 5.85. The molecule has 0 saturated carbocycles. The van der Waals surface area contributed by atoms with Gasteiger partial charge in [0.15, 0.2) is 0 Å². The first kappa shape index (κ1) is 14.3. The smallest absolute Gasteiger partial charge is 0.0347 e. The van der Waals surface area contributed by atoms with Crippen LogP contribution in [0.5, 0.6) is 0 Å². The van der Waals surface area contributed by atoms with Crippen LogP contribution < -0.4 is 0 Å². The molecule has 83 valence electrons. The Balaban J connectivity index is 0.000000640. The number of hydrogen-bond donors (Lipinski definition) is 0. The summed E-state index contributed by atoms with van der Waals surface area (Å²) in [4.78, 5) is 1.48. The Hall–Kier alpha value is 0.244. The number of rotatable bonds is 0. The van der Waals surface area contributed by atoms with Gasteiger partial charge in [-0.3, -0.25) is 0 Å². The molecule has 0 fully saturated rings. The number of hydrogen-bond acceptors (Lipinski definition) is 1. The fourth-order valence-electron chi connectivity index (χ4n) is 2.17. The molecular weight excluding hydrogens is 291 g/mol. The van der Waals surface area contributed by atoms with E-state index in [0.717, 1.165) is 13.0 Å². The van der Waals surface area contributed by atoms with Crippen molar-refractivity contribution in [1.82, 2.24) is 0 Å². The van der Waals surface area contributed by atoms with Gasteiger partial charge in [-0.25, -0.2) is 0 Å². The van der Waals surface area contributed by atoms with E-state index >= 15 is 0 Å². The Kier molecular flexibility index (Phi) is 5.12. The van der Waals surface area contributed by atoms with Gasteiger partial charge in [-0.1, -0.05) is 25.1 Å². The average Bonchev–Trinajstić information content (AvgIpc) is 2.59. The Morgan fingerprint density at radius 1 is 1.31 bits per heavy atom. The Morgan fingerprint density at radius 2 is 2.06 bits per heavy atom. The van der Waals surface area contributed by atoms with E-state index in [9.17, 15) is 0 Å². The summed E-state index contributed by atoms with van der Waals surface area (Å²) in [7, 11) is 0. The zero-order valence-electron chi connectivity index (χ0n) is 9.73. The topological polar surface area (TPSA) is 14.1 Å². The molecule has 0 saturated heterocycles. The molecule has 0 spiro atoms. The van der Waals surface area contributed by atoms with Crippen LogP contribution in [0, 0.1) is 7.43 Å². The van der Waals surface area contributed by atoms with Crippen molar-refractivity contribution in [3.05, 3.63) is 47.4 Å². The quantitative estimate of drug-likeness (QED) is 0.643. The van der Waals surface area contributed by atoms with E-state index in [1.165, 1.54) is 15.0 Å². The molecule has 0 aliphatic carbocycles. The third-order valence-electron chi connectivity index (χ3n) is 2.87. The second kappa shape index (κ2) is 5.72. The van der Waals surface area contributed by atoms with E-state index in [0.29, 0.717) is 6.04 Å². The van der Waals surface area contributed by atoms with Gasteiger partial charge in [0.2, 0.25) is 0 Å². The predicted octanol–water partition coefficient (Wildman–Crippen LogP) is 4.34. The van der Waals surface area contributed by atoms with Crippen LogP contribution in [0.15, 0.2) is 24.3 Å². The number of nitrogens with zero attached hydrogens (tertiary/aromatic N) is 1. The largest absolute Gasteiger partial charge is 0.655 e. The van der Waals surface area contributed by atoms with Gasteiger partial charge >= 0.3 is 0 Å². The monoisotopic (exact) mass is 306 g/mol. The number of fused-ring (bicyclic) bond motifs is 3. The normalized spacial score (nSPS) is 18.4. The van der Waals surface area contributed by atoms with Crippen molar-refractivity contribution < 1.29 is 32.7 Å². The van der Waals surface area contributed by atoms with E-state index in [1.807, 2.05) is 11.3 Å². The Labute approximate surface area is 127 Å². The van der Waals surface area contributed by atoms with Gasteiger partial charge in [-0.15, -0.1) is 23.9 Å². The minimum atomic E-state index is 0. The van der Waals surface area contributed by atoms with Crippen LogP contribution in [-0.4, -0.2) is 6.54 Å². The van der Waals surface area contributed by atoms with Crippen molar-refractivity contribution in [2.45, 2.75) is 19.4 Å². The second-order valence-electron chi connectivity index (χ2n) is 3.77. The van der Waals surface area contributed by atoms with Crippen LogP contribution in [0.25, 0.3) is 15.4 Å². The van der Waals surface area contributed by atoms with Gasteiger partial charge in [-0.05, 0) is 28.3 Å². The molecule has 1 atom stereocenters.